The second-order valence-corrected chi connectivity index (χ2v) is 6.68. The molecule has 5 nitrogen and oxygen atoms in total. The summed E-state index contributed by atoms with van der Waals surface area (Å²) in [5.41, 5.74) is 2.70. The highest BCUT2D eigenvalue weighted by Crippen LogP contribution is 2.20. The van der Waals surface area contributed by atoms with E-state index in [0.29, 0.717) is 26.1 Å². The lowest BCUT2D eigenvalue weighted by Crippen LogP contribution is -2.34. The number of amides is 3. The first kappa shape index (κ1) is 17.9. The van der Waals surface area contributed by atoms with E-state index < -0.39 is 0 Å². The number of likely N-dealkylation sites (tertiary alicyclic amines) is 1. The summed E-state index contributed by atoms with van der Waals surface area (Å²) in [7, 11) is 0. The van der Waals surface area contributed by atoms with Crippen molar-refractivity contribution in [3.8, 4) is 0 Å². The van der Waals surface area contributed by atoms with Crippen molar-refractivity contribution in [2.24, 2.45) is 5.92 Å². The van der Waals surface area contributed by atoms with E-state index in [4.69, 9.17) is 0 Å². The van der Waals surface area contributed by atoms with Gasteiger partial charge in [-0.05, 0) is 42.3 Å². The van der Waals surface area contributed by atoms with Crippen LogP contribution in [0, 0.1) is 18.7 Å². The van der Waals surface area contributed by atoms with Gasteiger partial charge in [0.2, 0.25) is 5.91 Å². The number of urea groups is 1. The summed E-state index contributed by atoms with van der Waals surface area (Å²) in [6.45, 7) is 3.44. The molecule has 3 rings (SSSR count). The molecule has 0 unspecified atom stereocenters. The summed E-state index contributed by atoms with van der Waals surface area (Å²) in [6, 6.07) is 13.4. The van der Waals surface area contributed by atoms with Gasteiger partial charge in [0.25, 0.3) is 0 Å². The molecule has 1 aliphatic rings. The molecule has 1 atom stereocenters. The van der Waals surface area contributed by atoms with Crippen LogP contribution in [0.5, 0.6) is 0 Å². The molecule has 136 valence electrons. The molecule has 1 saturated heterocycles. The average molecular weight is 355 g/mol. The minimum atomic E-state index is -0.289. The second kappa shape index (κ2) is 7.99. The van der Waals surface area contributed by atoms with Crippen LogP contribution in [0.3, 0.4) is 0 Å². The quantitative estimate of drug-likeness (QED) is 0.864. The minimum absolute atomic E-state index is 0.0558. The summed E-state index contributed by atoms with van der Waals surface area (Å²) in [4.78, 5) is 25.9. The number of rotatable bonds is 5. The number of carbonyl (C=O) groups is 2. The van der Waals surface area contributed by atoms with E-state index >= 15 is 0 Å². The standard InChI is InChI=1S/C20H22FN3O2/c1-14-3-2-4-18(9-14)23-20(26)22-11-16-10-19(25)24(13-16)12-15-5-7-17(21)8-6-15/h2-9,16H,10-13H2,1H3,(H2,22,23,26)/t16-/m0/s1. The number of anilines is 1. The lowest BCUT2D eigenvalue weighted by atomic mass is 10.1. The van der Waals surface area contributed by atoms with Crippen LogP contribution in [0.15, 0.2) is 48.5 Å². The molecule has 6 heteroatoms. The van der Waals surface area contributed by atoms with Crippen LogP contribution in [0.1, 0.15) is 17.5 Å². The zero-order chi connectivity index (χ0) is 18.5. The molecule has 0 aromatic heterocycles. The molecule has 2 aromatic carbocycles. The molecule has 2 N–H and O–H groups in total. The Labute approximate surface area is 152 Å². The van der Waals surface area contributed by atoms with Crippen LogP contribution in [0.4, 0.5) is 14.9 Å². The fourth-order valence-corrected chi connectivity index (χ4v) is 3.09. The molecule has 0 saturated carbocycles. The Morgan fingerprint density at radius 1 is 1.23 bits per heavy atom. The van der Waals surface area contributed by atoms with Gasteiger partial charge in [0.1, 0.15) is 5.82 Å². The number of hydrogen-bond donors (Lipinski definition) is 2. The highest BCUT2D eigenvalue weighted by atomic mass is 19.1. The van der Waals surface area contributed by atoms with Crippen molar-refractivity contribution in [3.05, 3.63) is 65.5 Å². The normalized spacial score (nSPS) is 16.6. The van der Waals surface area contributed by atoms with Crippen molar-refractivity contribution >= 4 is 17.6 Å². The van der Waals surface area contributed by atoms with E-state index in [0.717, 1.165) is 16.8 Å². The maximum Gasteiger partial charge on any atom is 0.319 e. The topological polar surface area (TPSA) is 61.4 Å². The molecular formula is C20H22FN3O2. The molecule has 1 heterocycles. The van der Waals surface area contributed by atoms with Gasteiger partial charge >= 0.3 is 6.03 Å². The number of carbonyl (C=O) groups excluding carboxylic acids is 2. The maximum atomic E-state index is 13.0. The first-order valence-corrected chi connectivity index (χ1v) is 8.63. The van der Waals surface area contributed by atoms with E-state index in [1.165, 1.54) is 12.1 Å². The van der Waals surface area contributed by atoms with Gasteiger partial charge in [0.05, 0.1) is 0 Å². The smallest absolute Gasteiger partial charge is 0.319 e. The third-order valence-corrected chi connectivity index (χ3v) is 4.41. The van der Waals surface area contributed by atoms with Crippen LogP contribution in [0.25, 0.3) is 0 Å². The van der Waals surface area contributed by atoms with E-state index in [-0.39, 0.29) is 23.7 Å². The van der Waals surface area contributed by atoms with Crippen LogP contribution in [-0.2, 0) is 11.3 Å². The van der Waals surface area contributed by atoms with Crippen molar-refractivity contribution in [3.63, 3.8) is 0 Å². The predicted molar refractivity (Wildman–Crippen MR) is 98.1 cm³/mol. The number of benzene rings is 2. The summed E-state index contributed by atoms with van der Waals surface area (Å²) >= 11 is 0. The van der Waals surface area contributed by atoms with Crippen molar-refractivity contribution in [2.45, 2.75) is 19.9 Å². The van der Waals surface area contributed by atoms with Crippen LogP contribution < -0.4 is 10.6 Å². The SMILES string of the molecule is Cc1cccc(NC(=O)NC[C@@H]2CC(=O)N(Cc3ccc(F)cc3)C2)c1. The summed E-state index contributed by atoms with van der Waals surface area (Å²) in [5.74, 6) is -0.158. The van der Waals surface area contributed by atoms with Gasteiger partial charge in [0.15, 0.2) is 0 Å². The van der Waals surface area contributed by atoms with Gasteiger partial charge in [-0.2, -0.15) is 0 Å². The molecule has 3 amide bonds. The van der Waals surface area contributed by atoms with E-state index in [1.54, 1.807) is 17.0 Å². The lowest BCUT2D eigenvalue weighted by molar-refractivity contribution is -0.128. The highest BCUT2D eigenvalue weighted by Gasteiger charge is 2.29. The van der Waals surface area contributed by atoms with Crippen molar-refractivity contribution in [2.75, 3.05) is 18.4 Å². The molecule has 0 bridgehead atoms. The van der Waals surface area contributed by atoms with Gasteiger partial charge in [-0.15, -0.1) is 0 Å². The minimum Gasteiger partial charge on any atom is -0.338 e. The van der Waals surface area contributed by atoms with E-state index in [1.807, 2.05) is 31.2 Å². The van der Waals surface area contributed by atoms with E-state index in [2.05, 4.69) is 10.6 Å². The number of nitrogens with zero attached hydrogens (tertiary/aromatic N) is 1. The fraction of sp³-hybridized carbons (Fsp3) is 0.300. The number of hydrogen-bond acceptors (Lipinski definition) is 2. The molecule has 0 spiro atoms. The lowest BCUT2D eigenvalue weighted by Gasteiger charge is -2.17. The molecule has 0 radical (unpaired) electrons. The average Bonchev–Trinajstić information content (AvgIpc) is 2.95. The Bertz CT molecular complexity index is 792. The molecule has 2 aromatic rings. The molecule has 1 fully saturated rings. The van der Waals surface area contributed by atoms with E-state index in [9.17, 15) is 14.0 Å². The van der Waals surface area contributed by atoms with Gasteiger partial charge in [-0.1, -0.05) is 24.3 Å². The molecule has 26 heavy (non-hydrogen) atoms. The zero-order valence-corrected chi connectivity index (χ0v) is 14.7. The Morgan fingerprint density at radius 2 is 2.00 bits per heavy atom. The van der Waals surface area contributed by atoms with Crippen LogP contribution in [0.2, 0.25) is 0 Å². The maximum absolute atomic E-state index is 13.0. The number of aryl methyl sites for hydroxylation is 1. The molecule has 1 aliphatic heterocycles. The number of halogens is 1. The second-order valence-electron chi connectivity index (χ2n) is 6.68. The van der Waals surface area contributed by atoms with Crippen molar-refractivity contribution < 1.29 is 14.0 Å². The largest absolute Gasteiger partial charge is 0.338 e. The molecule has 0 aliphatic carbocycles. The monoisotopic (exact) mass is 355 g/mol. The third kappa shape index (κ3) is 4.81. The van der Waals surface area contributed by atoms with Gasteiger partial charge in [0, 0.05) is 37.7 Å². The van der Waals surface area contributed by atoms with Gasteiger partial charge < -0.3 is 15.5 Å². The highest BCUT2D eigenvalue weighted by molar-refractivity contribution is 5.89. The van der Waals surface area contributed by atoms with Crippen LogP contribution >= 0.6 is 0 Å². The molecular weight excluding hydrogens is 333 g/mol. The Kier molecular flexibility index (Phi) is 5.51. The Balaban J connectivity index is 1.46. The van der Waals surface area contributed by atoms with Crippen LogP contribution in [-0.4, -0.2) is 29.9 Å². The first-order chi connectivity index (χ1) is 12.5. The fourth-order valence-electron chi connectivity index (χ4n) is 3.09. The predicted octanol–water partition coefficient (Wildman–Crippen LogP) is 3.30. The van der Waals surface area contributed by atoms with Crippen molar-refractivity contribution in [1.82, 2.24) is 10.2 Å². The first-order valence-electron chi connectivity index (χ1n) is 8.63. The van der Waals surface area contributed by atoms with Gasteiger partial charge in [-0.3, -0.25) is 4.79 Å². The Morgan fingerprint density at radius 3 is 2.73 bits per heavy atom. The van der Waals surface area contributed by atoms with Gasteiger partial charge in [-0.25, -0.2) is 9.18 Å². The summed E-state index contributed by atoms with van der Waals surface area (Å²) < 4.78 is 13.0. The van der Waals surface area contributed by atoms with Crippen molar-refractivity contribution in [1.29, 1.82) is 0 Å². The third-order valence-electron chi connectivity index (χ3n) is 4.41. The zero-order valence-electron chi connectivity index (χ0n) is 14.7. The summed E-state index contributed by atoms with van der Waals surface area (Å²) in [6.07, 6.45) is 0.409. The summed E-state index contributed by atoms with van der Waals surface area (Å²) in [5, 5.41) is 5.62. The Hall–Kier alpha value is -2.89. The number of nitrogens with one attached hydrogen (secondary N) is 2.